The number of hydrogen-bond acceptors (Lipinski definition) is 4. The molecule has 0 bridgehead atoms. The fraction of sp³-hybridized carbons (Fsp3) is 0.321. The van der Waals surface area contributed by atoms with Crippen LogP contribution in [-0.4, -0.2) is 25.7 Å². The Hall–Kier alpha value is -3.11. The third-order valence-electron chi connectivity index (χ3n) is 5.36. The lowest BCUT2D eigenvalue weighted by Gasteiger charge is -2.17. The molecule has 168 valence electrons. The van der Waals surface area contributed by atoms with Crippen LogP contribution >= 0.6 is 0 Å². The predicted octanol–water partition coefficient (Wildman–Crippen LogP) is 5.52. The van der Waals surface area contributed by atoms with Gasteiger partial charge in [0.25, 0.3) is 0 Å². The Bertz CT molecular complexity index is 910. The topological polar surface area (TPSA) is 47.6 Å². The molecule has 0 aliphatic rings. The van der Waals surface area contributed by atoms with E-state index >= 15 is 0 Å². The Morgan fingerprint density at radius 2 is 1.56 bits per heavy atom. The number of benzene rings is 3. The van der Waals surface area contributed by atoms with Crippen LogP contribution < -0.4 is 10.1 Å². The molecule has 0 heterocycles. The van der Waals surface area contributed by atoms with Crippen molar-refractivity contribution in [3.05, 3.63) is 102 Å². The minimum atomic E-state index is -0.269. The van der Waals surface area contributed by atoms with Gasteiger partial charge in [0.1, 0.15) is 5.75 Å². The van der Waals surface area contributed by atoms with Crippen LogP contribution in [0.3, 0.4) is 0 Å². The van der Waals surface area contributed by atoms with Gasteiger partial charge < -0.3 is 14.8 Å². The van der Waals surface area contributed by atoms with Crippen LogP contribution in [0.15, 0.2) is 84.9 Å². The van der Waals surface area contributed by atoms with E-state index in [2.05, 4.69) is 41.7 Å². The molecule has 4 heteroatoms. The van der Waals surface area contributed by atoms with Crippen molar-refractivity contribution in [3.63, 3.8) is 0 Å². The van der Waals surface area contributed by atoms with Gasteiger partial charge in [-0.3, -0.25) is 4.79 Å². The second-order valence-electron chi connectivity index (χ2n) is 7.76. The van der Waals surface area contributed by atoms with E-state index in [-0.39, 0.29) is 11.9 Å². The maximum Gasteiger partial charge on any atom is 0.313 e. The van der Waals surface area contributed by atoms with E-state index in [1.54, 1.807) is 0 Å². The van der Waals surface area contributed by atoms with Crippen molar-refractivity contribution in [1.82, 2.24) is 5.32 Å². The third-order valence-corrected chi connectivity index (χ3v) is 5.36. The Morgan fingerprint density at radius 1 is 0.875 bits per heavy atom. The molecule has 3 aromatic carbocycles. The molecule has 32 heavy (non-hydrogen) atoms. The average Bonchev–Trinajstić information content (AvgIpc) is 2.84. The van der Waals surface area contributed by atoms with E-state index in [1.807, 2.05) is 55.5 Å². The fourth-order valence-electron chi connectivity index (χ4n) is 3.64. The summed E-state index contributed by atoms with van der Waals surface area (Å²) >= 11 is 0. The summed E-state index contributed by atoms with van der Waals surface area (Å²) in [4.78, 5) is 12.6. The van der Waals surface area contributed by atoms with Crippen LogP contribution in [0.1, 0.15) is 42.4 Å². The highest BCUT2D eigenvalue weighted by atomic mass is 16.5. The first kappa shape index (κ1) is 23.6. The third kappa shape index (κ3) is 7.86. The molecule has 0 amide bonds. The average molecular weight is 432 g/mol. The first-order chi connectivity index (χ1) is 15.8. The van der Waals surface area contributed by atoms with Crippen molar-refractivity contribution < 1.29 is 14.3 Å². The zero-order valence-electron chi connectivity index (χ0n) is 18.8. The maximum absolute atomic E-state index is 12.6. The van der Waals surface area contributed by atoms with Crippen LogP contribution in [0.25, 0.3) is 0 Å². The zero-order chi connectivity index (χ0) is 22.4. The van der Waals surface area contributed by atoms with E-state index in [0.29, 0.717) is 19.6 Å². The smallest absolute Gasteiger partial charge is 0.313 e. The summed E-state index contributed by atoms with van der Waals surface area (Å²) in [5.74, 6) is 0.416. The molecule has 0 radical (unpaired) electrons. The van der Waals surface area contributed by atoms with Gasteiger partial charge in [-0.1, -0.05) is 72.8 Å². The van der Waals surface area contributed by atoms with Gasteiger partial charge in [0, 0.05) is 6.54 Å². The van der Waals surface area contributed by atoms with E-state index in [4.69, 9.17) is 9.47 Å². The highest BCUT2D eigenvalue weighted by molar-refractivity contribution is 5.78. The molecule has 4 nitrogen and oxygen atoms in total. The van der Waals surface area contributed by atoms with Crippen molar-refractivity contribution in [2.45, 2.75) is 38.6 Å². The van der Waals surface area contributed by atoms with Crippen molar-refractivity contribution in [1.29, 1.82) is 0 Å². The Morgan fingerprint density at radius 3 is 2.25 bits per heavy atom. The number of hydrogen-bond donors (Lipinski definition) is 1. The summed E-state index contributed by atoms with van der Waals surface area (Å²) in [6, 6.07) is 28.5. The first-order valence-electron chi connectivity index (χ1n) is 11.4. The van der Waals surface area contributed by atoms with Crippen molar-refractivity contribution in [3.8, 4) is 5.75 Å². The fourth-order valence-corrected chi connectivity index (χ4v) is 3.64. The molecule has 0 saturated carbocycles. The van der Waals surface area contributed by atoms with Gasteiger partial charge in [0.15, 0.2) is 0 Å². The van der Waals surface area contributed by atoms with Crippen LogP contribution in [0, 0.1) is 0 Å². The maximum atomic E-state index is 12.6. The molecule has 0 aliphatic carbocycles. The van der Waals surface area contributed by atoms with Gasteiger partial charge in [-0.25, -0.2) is 0 Å². The minimum Gasteiger partial charge on any atom is -0.494 e. The van der Waals surface area contributed by atoms with Crippen molar-refractivity contribution >= 4 is 5.97 Å². The molecule has 1 atom stereocenters. The van der Waals surface area contributed by atoms with Crippen LogP contribution in [-0.2, 0) is 22.5 Å². The molecule has 0 saturated heterocycles. The summed E-state index contributed by atoms with van der Waals surface area (Å²) in [5, 5.41) is 3.49. The molecule has 0 aliphatic heterocycles. The quantitative estimate of drug-likeness (QED) is 0.286. The van der Waals surface area contributed by atoms with Gasteiger partial charge >= 0.3 is 5.97 Å². The zero-order valence-corrected chi connectivity index (χ0v) is 18.8. The molecule has 3 aromatic rings. The number of ether oxygens (including phenoxy) is 2. The highest BCUT2D eigenvalue weighted by Gasteiger charge is 2.21. The lowest BCUT2D eigenvalue weighted by molar-refractivity contribution is -0.145. The number of carbonyl (C=O) groups is 1. The van der Waals surface area contributed by atoms with Crippen LogP contribution in [0.4, 0.5) is 0 Å². The molecule has 0 spiro atoms. The van der Waals surface area contributed by atoms with Gasteiger partial charge in [-0.05, 0) is 61.6 Å². The molecular formula is C28H33NO3. The Kier molecular flexibility index (Phi) is 9.81. The molecule has 0 aromatic heterocycles. The number of para-hydroxylation sites is 1. The Labute approximate surface area is 191 Å². The van der Waals surface area contributed by atoms with Gasteiger partial charge in [-0.15, -0.1) is 0 Å². The molecule has 1 N–H and O–H groups in total. The first-order valence-corrected chi connectivity index (χ1v) is 11.4. The minimum absolute atomic E-state index is 0.166. The number of nitrogens with one attached hydrogen (secondary N) is 1. The second-order valence-corrected chi connectivity index (χ2v) is 7.76. The van der Waals surface area contributed by atoms with Crippen molar-refractivity contribution in [2.24, 2.45) is 0 Å². The van der Waals surface area contributed by atoms with Crippen LogP contribution in [0.5, 0.6) is 5.75 Å². The second kappa shape index (κ2) is 13.3. The summed E-state index contributed by atoms with van der Waals surface area (Å²) in [7, 11) is 0. The SMILES string of the molecule is CCOC(=O)C(CCCOc1ccccc1)c1ccc(CNCCc2ccccc2)cc1. The molecular weight excluding hydrogens is 398 g/mol. The van der Waals surface area contributed by atoms with E-state index < -0.39 is 0 Å². The lowest BCUT2D eigenvalue weighted by Crippen LogP contribution is -2.18. The standard InChI is InChI=1S/C28H33NO3/c1-2-31-28(30)27(14-9-21-32-26-12-7-4-8-13-26)25-17-15-24(16-18-25)22-29-20-19-23-10-5-3-6-11-23/h3-8,10-13,15-18,27,29H,2,9,14,19-22H2,1H3. The lowest BCUT2D eigenvalue weighted by atomic mass is 9.93. The number of rotatable bonds is 13. The van der Waals surface area contributed by atoms with Crippen molar-refractivity contribution in [2.75, 3.05) is 19.8 Å². The van der Waals surface area contributed by atoms with Crippen LogP contribution in [0.2, 0.25) is 0 Å². The van der Waals surface area contributed by atoms with E-state index in [0.717, 1.165) is 37.2 Å². The normalized spacial score (nSPS) is 11.7. The predicted molar refractivity (Wildman–Crippen MR) is 129 cm³/mol. The summed E-state index contributed by atoms with van der Waals surface area (Å²) in [6.45, 7) is 4.54. The number of carbonyl (C=O) groups excluding carboxylic acids is 1. The summed E-state index contributed by atoms with van der Waals surface area (Å²) in [5.41, 5.74) is 3.54. The highest BCUT2D eigenvalue weighted by Crippen LogP contribution is 2.24. The largest absolute Gasteiger partial charge is 0.494 e. The van der Waals surface area contributed by atoms with Gasteiger partial charge in [0.2, 0.25) is 0 Å². The molecule has 0 fully saturated rings. The van der Waals surface area contributed by atoms with Gasteiger partial charge in [-0.2, -0.15) is 0 Å². The Balaban J connectivity index is 1.48. The molecule has 3 rings (SSSR count). The van der Waals surface area contributed by atoms with Gasteiger partial charge in [0.05, 0.1) is 19.1 Å². The summed E-state index contributed by atoms with van der Waals surface area (Å²) in [6.07, 6.45) is 2.48. The monoisotopic (exact) mass is 431 g/mol. The summed E-state index contributed by atoms with van der Waals surface area (Å²) < 4.78 is 11.1. The molecule has 1 unspecified atom stereocenters. The van der Waals surface area contributed by atoms with E-state index in [1.165, 1.54) is 11.1 Å². The number of esters is 1. The van der Waals surface area contributed by atoms with E-state index in [9.17, 15) is 4.79 Å².